The van der Waals surface area contributed by atoms with Crippen LogP contribution in [0.5, 0.6) is 0 Å². The van der Waals surface area contributed by atoms with Crippen molar-refractivity contribution in [3.8, 4) is 0 Å². The number of rotatable bonds is 7. The van der Waals surface area contributed by atoms with Gasteiger partial charge in [-0.2, -0.15) is 13.2 Å². The average Bonchev–Trinajstić information content (AvgIpc) is 3.12. The molecule has 3 aromatic carbocycles. The first-order valence-electron chi connectivity index (χ1n) is 12.3. The van der Waals surface area contributed by atoms with Crippen LogP contribution in [0.3, 0.4) is 0 Å². The van der Waals surface area contributed by atoms with Gasteiger partial charge in [0, 0.05) is 6.42 Å². The Bertz CT molecular complexity index is 1190. The van der Waals surface area contributed by atoms with Crippen LogP contribution in [0.2, 0.25) is 18.6 Å². The summed E-state index contributed by atoms with van der Waals surface area (Å²) in [5.74, 6) is 0. The summed E-state index contributed by atoms with van der Waals surface area (Å²) in [6.07, 6.45) is -4.86. The molecule has 1 atom stereocenters. The molecule has 3 aromatic rings. The van der Waals surface area contributed by atoms with Crippen molar-refractivity contribution in [2.24, 2.45) is 0 Å². The highest BCUT2D eigenvalue weighted by Crippen LogP contribution is 2.49. The summed E-state index contributed by atoms with van der Waals surface area (Å²) in [5.41, 5.74) is 2.37. The van der Waals surface area contributed by atoms with Crippen molar-refractivity contribution in [2.75, 3.05) is 0 Å². The molecule has 1 heterocycles. The number of halogens is 3. The van der Waals surface area contributed by atoms with Crippen LogP contribution < -0.4 is 10.4 Å². The molecule has 1 unspecified atom stereocenters. The Morgan fingerprint density at radius 2 is 1.20 bits per heavy atom. The molecule has 0 radical (unpaired) electrons. The van der Waals surface area contributed by atoms with E-state index in [4.69, 9.17) is 0 Å². The summed E-state index contributed by atoms with van der Waals surface area (Å²) in [6.45, 7) is 8.68. The lowest BCUT2D eigenvalue weighted by Crippen LogP contribution is -2.60. The third-order valence-corrected chi connectivity index (χ3v) is 18.1. The second kappa shape index (κ2) is 9.78. The van der Waals surface area contributed by atoms with Gasteiger partial charge >= 0.3 is 6.18 Å². The fraction of sp³-hybridized carbons (Fsp3) is 0.267. The van der Waals surface area contributed by atoms with Crippen molar-refractivity contribution in [1.82, 2.24) is 0 Å². The quantitative estimate of drug-likeness (QED) is 0.288. The fourth-order valence-electron chi connectivity index (χ4n) is 5.91. The molecule has 0 aromatic heterocycles. The highest BCUT2D eigenvalue weighted by Gasteiger charge is 2.53. The molecular formula is C30H33F3Si2. The van der Waals surface area contributed by atoms with Gasteiger partial charge in [0.25, 0.3) is 0 Å². The van der Waals surface area contributed by atoms with Crippen molar-refractivity contribution in [3.63, 3.8) is 0 Å². The highest BCUT2D eigenvalue weighted by molar-refractivity contribution is 7.21. The van der Waals surface area contributed by atoms with E-state index in [1.165, 1.54) is 31.5 Å². The summed E-state index contributed by atoms with van der Waals surface area (Å²) < 4.78 is 40.5. The summed E-state index contributed by atoms with van der Waals surface area (Å²) in [7, 11) is -5.14. The van der Waals surface area contributed by atoms with Crippen molar-refractivity contribution in [2.45, 2.75) is 52.0 Å². The normalized spacial score (nSPS) is 17.6. The molecule has 1 aliphatic rings. The Morgan fingerprint density at radius 3 is 1.63 bits per heavy atom. The van der Waals surface area contributed by atoms with Crippen LogP contribution in [0.25, 0.3) is 5.20 Å². The van der Waals surface area contributed by atoms with Crippen LogP contribution in [-0.2, 0) is 0 Å². The molecule has 0 saturated heterocycles. The standard InChI is InChI=1S/C30H33F3Si2/c1-5-34(4,22-21-30(31,32)33)28-23(2)24(3)35(26-17-11-7-12-18-26,27-19-13-8-14-20-27)29(28)25-15-9-6-10-16-25/h6-20H,5,21-22H2,1-4H3. The molecule has 0 amide bonds. The second-order valence-corrected chi connectivity index (χ2v) is 18.6. The van der Waals surface area contributed by atoms with Crippen LogP contribution >= 0.6 is 0 Å². The molecule has 0 fully saturated rings. The zero-order valence-corrected chi connectivity index (χ0v) is 22.9. The van der Waals surface area contributed by atoms with Crippen molar-refractivity contribution in [1.29, 1.82) is 0 Å². The number of allylic oxidation sites excluding steroid dienone is 3. The van der Waals surface area contributed by atoms with Gasteiger partial charge in [-0.15, -0.1) is 0 Å². The maximum Gasteiger partial charge on any atom is 0.388 e. The molecule has 0 bridgehead atoms. The molecule has 5 heteroatoms. The zero-order chi connectivity index (χ0) is 25.3. The van der Waals surface area contributed by atoms with E-state index in [2.05, 4.69) is 100 Å². The molecule has 0 N–H and O–H groups in total. The van der Waals surface area contributed by atoms with Gasteiger partial charge in [-0.05, 0) is 41.0 Å². The van der Waals surface area contributed by atoms with Crippen LogP contribution in [0, 0.1) is 0 Å². The summed E-state index contributed by atoms with van der Waals surface area (Å²) >= 11 is 0. The van der Waals surface area contributed by atoms with Crippen molar-refractivity contribution >= 4 is 31.7 Å². The fourth-order valence-corrected chi connectivity index (χ4v) is 16.5. The van der Waals surface area contributed by atoms with Gasteiger partial charge in [-0.1, -0.05) is 126 Å². The number of hydrogen-bond donors (Lipinski definition) is 0. The SMILES string of the molecule is CC[Si](C)(CCC(F)(F)F)C1=C(c2ccccc2)[Si](c2ccccc2)(c2ccccc2)C(C)=C1C. The Kier molecular flexibility index (Phi) is 7.12. The lowest BCUT2D eigenvalue weighted by molar-refractivity contribution is -0.130. The first kappa shape index (κ1) is 25.5. The largest absolute Gasteiger partial charge is 0.388 e. The Hall–Kier alpha value is -2.64. The number of alkyl halides is 3. The maximum atomic E-state index is 13.5. The predicted octanol–water partition coefficient (Wildman–Crippen LogP) is 7.72. The first-order valence-corrected chi connectivity index (χ1v) is 17.2. The summed E-state index contributed by atoms with van der Waals surface area (Å²) in [6, 6.07) is 32.8. The molecule has 4 rings (SSSR count). The molecule has 0 spiro atoms. The minimum Gasteiger partial charge on any atom is -0.171 e. The smallest absolute Gasteiger partial charge is 0.171 e. The van der Waals surface area contributed by atoms with Crippen LogP contribution in [0.4, 0.5) is 13.2 Å². The Labute approximate surface area is 209 Å². The third-order valence-electron chi connectivity index (χ3n) is 7.95. The van der Waals surface area contributed by atoms with Crippen LogP contribution in [-0.4, -0.2) is 22.3 Å². The average molecular weight is 507 g/mol. The van der Waals surface area contributed by atoms with E-state index in [-0.39, 0.29) is 6.04 Å². The van der Waals surface area contributed by atoms with Gasteiger partial charge in [0.05, 0.1) is 8.07 Å². The van der Waals surface area contributed by atoms with Gasteiger partial charge in [-0.3, -0.25) is 0 Å². The van der Waals surface area contributed by atoms with Gasteiger partial charge in [-0.25, -0.2) is 0 Å². The molecule has 1 aliphatic heterocycles. The van der Waals surface area contributed by atoms with E-state index < -0.39 is 28.7 Å². The molecular weight excluding hydrogens is 473 g/mol. The minimum absolute atomic E-state index is 0.220. The number of hydrogen-bond acceptors (Lipinski definition) is 0. The van der Waals surface area contributed by atoms with E-state index >= 15 is 0 Å². The van der Waals surface area contributed by atoms with E-state index in [0.717, 1.165) is 11.6 Å². The molecule has 0 aliphatic carbocycles. The van der Waals surface area contributed by atoms with Gasteiger partial charge in [0.2, 0.25) is 0 Å². The number of benzene rings is 3. The van der Waals surface area contributed by atoms with E-state index in [1.807, 2.05) is 18.2 Å². The van der Waals surface area contributed by atoms with Crippen LogP contribution in [0.15, 0.2) is 107 Å². The van der Waals surface area contributed by atoms with E-state index in [9.17, 15) is 13.2 Å². The van der Waals surface area contributed by atoms with Crippen molar-refractivity contribution in [3.05, 3.63) is 113 Å². The molecule has 35 heavy (non-hydrogen) atoms. The molecule has 182 valence electrons. The van der Waals surface area contributed by atoms with Gasteiger partial charge < -0.3 is 0 Å². The monoisotopic (exact) mass is 506 g/mol. The minimum atomic E-state index is -4.14. The summed E-state index contributed by atoms with van der Waals surface area (Å²) in [4.78, 5) is 0. The second-order valence-electron chi connectivity index (χ2n) is 9.88. The molecule has 0 nitrogen and oxygen atoms in total. The maximum absolute atomic E-state index is 13.5. The lowest BCUT2D eigenvalue weighted by Gasteiger charge is -2.36. The lowest BCUT2D eigenvalue weighted by atomic mass is 10.1. The third kappa shape index (κ3) is 4.52. The Morgan fingerprint density at radius 1 is 0.743 bits per heavy atom. The topological polar surface area (TPSA) is 0 Å². The molecule has 0 saturated carbocycles. The summed E-state index contributed by atoms with van der Waals surface area (Å²) in [5, 5.41) is 6.50. The Balaban J connectivity index is 2.13. The predicted molar refractivity (Wildman–Crippen MR) is 147 cm³/mol. The highest BCUT2D eigenvalue weighted by atomic mass is 28.3. The van der Waals surface area contributed by atoms with E-state index in [1.54, 1.807) is 0 Å². The van der Waals surface area contributed by atoms with E-state index in [0.29, 0.717) is 0 Å². The van der Waals surface area contributed by atoms with Gasteiger partial charge in [0.1, 0.15) is 0 Å². The first-order chi connectivity index (χ1) is 16.6. The van der Waals surface area contributed by atoms with Gasteiger partial charge in [0.15, 0.2) is 8.07 Å². The van der Waals surface area contributed by atoms with Crippen LogP contribution in [0.1, 0.15) is 32.8 Å². The van der Waals surface area contributed by atoms with Crippen molar-refractivity contribution < 1.29 is 13.2 Å². The zero-order valence-electron chi connectivity index (χ0n) is 20.9.